The Balaban J connectivity index is 0.634. The van der Waals surface area contributed by atoms with Crippen molar-refractivity contribution < 1.29 is 8.83 Å². The summed E-state index contributed by atoms with van der Waals surface area (Å²) in [6.45, 7) is 0. The average Bonchev–Trinajstić information content (AvgIpc) is 1.50. The normalized spacial score (nSPS) is 15.7. The predicted octanol–water partition coefficient (Wildman–Crippen LogP) is 33.4. The average molecular weight is 1750 g/mol. The van der Waals surface area contributed by atoms with Crippen LogP contribution in [0.5, 0.6) is 0 Å². The third-order valence-corrected chi connectivity index (χ3v) is 34.8. The number of benzene rings is 20. The Kier molecular flexibility index (Phi) is 15.3. The fraction of sp³-hybridized carbons (Fsp3) is 0.0323. The molecule has 22 aromatic rings. The van der Waals surface area contributed by atoms with Gasteiger partial charge in [-0.3, -0.25) is 0 Å². The van der Waals surface area contributed by atoms with Crippen molar-refractivity contribution in [1.29, 1.82) is 0 Å². The Labute approximate surface area is 779 Å². The van der Waals surface area contributed by atoms with Gasteiger partial charge in [0.15, 0.2) is 5.58 Å². The molecule has 4 spiro atoms. The lowest BCUT2D eigenvalue weighted by molar-refractivity contribution is 0.668. The fourth-order valence-electron chi connectivity index (χ4n) is 25.2. The molecule has 1 atom stereocenters. The lowest BCUT2D eigenvalue weighted by atomic mass is 9.66. The Morgan fingerprint density at radius 2 is 0.515 bits per heavy atom. The van der Waals surface area contributed by atoms with Crippen molar-refractivity contribution in [1.82, 2.24) is 0 Å². The molecule has 4 aliphatic carbocycles. The molecule has 0 fully saturated rings. The molecule has 0 N–H and O–H groups in total. The van der Waals surface area contributed by atoms with E-state index in [1.165, 1.54) is 178 Å². The number of fused-ring (bicyclic) bond motifs is 42. The van der Waals surface area contributed by atoms with Crippen LogP contribution in [-0.4, -0.2) is 0 Å². The summed E-state index contributed by atoms with van der Waals surface area (Å²) < 4.78 is 14.0. The lowest BCUT2D eigenvalue weighted by Gasteiger charge is -2.41. The summed E-state index contributed by atoms with van der Waals surface area (Å²) in [7, 11) is 0. The molecule has 20 aromatic carbocycles. The molecular weight excluding hydrogens is 1680 g/mol. The van der Waals surface area contributed by atoms with Gasteiger partial charge in [-0.15, -0.1) is 0 Å². The van der Waals surface area contributed by atoms with E-state index >= 15 is 0 Å². The number of anilines is 6. The zero-order valence-electron chi connectivity index (χ0n) is 70.9. The summed E-state index contributed by atoms with van der Waals surface area (Å²) in [5, 5.41) is 4.31. The monoisotopic (exact) mass is 1750 g/mol. The minimum Gasteiger partial charge on any atom is -0.456 e. The number of para-hydroxylation sites is 3. The number of furan rings is 2. The molecule has 4 aliphatic heterocycles. The van der Waals surface area contributed by atoms with Crippen molar-refractivity contribution in [3.63, 3.8) is 0 Å². The molecule has 2 aromatic heterocycles. The number of hydrogen-bond acceptors (Lipinski definition) is 8. The van der Waals surface area contributed by atoms with Crippen LogP contribution >= 0.6 is 47.0 Å². The van der Waals surface area contributed by atoms with Gasteiger partial charge in [0.25, 0.3) is 0 Å². The van der Waals surface area contributed by atoms with E-state index in [2.05, 4.69) is 447 Å². The van der Waals surface area contributed by atoms with Crippen molar-refractivity contribution in [3.8, 4) is 55.6 Å². The summed E-state index contributed by atoms with van der Waals surface area (Å²) in [6.07, 6.45) is 0. The number of rotatable bonds is 7. The third kappa shape index (κ3) is 9.48. The highest BCUT2D eigenvalue weighted by molar-refractivity contribution is 8.00. The van der Waals surface area contributed by atoms with Gasteiger partial charge < -0.3 is 18.6 Å². The Hall–Kier alpha value is -15.0. The van der Waals surface area contributed by atoms with E-state index in [0.29, 0.717) is 0 Å². The van der Waals surface area contributed by atoms with Gasteiger partial charge in [0.2, 0.25) is 0 Å². The fourth-order valence-corrected chi connectivity index (χ4v) is 30.1. The molecule has 6 heterocycles. The maximum atomic E-state index is 7.29. The molecule has 8 heteroatoms. The quantitative estimate of drug-likeness (QED) is 0.156. The second-order valence-corrected chi connectivity index (χ2v) is 40.3. The van der Waals surface area contributed by atoms with E-state index in [9.17, 15) is 0 Å². The van der Waals surface area contributed by atoms with Crippen LogP contribution in [0, 0.1) is 0 Å². The van der Waals surface area contributed by atoms with E-state index in [4.69, 9.17) is 8.83 Å². The molecular formula is C124H72N2O2S4. The summed E-state index contributed by atoms with van der Waals surface area (Å²) >= 11 is 7.57. The molecule has 1 unspecified atom stereocenters. The molecule has 30 rings (SSSR count). The Bertz CT molecular complexity index is 8760. The van der Waals surface area contributed by atoms with E-state index in [-0.39, 0.29) is 0 Å². The molecule has 0 saturated carbocycles. The first-order chi connectivity index (χ1) is 65.4. The maximum absolute atomic E-state index is 7.29. The van der Waals surface area contributed by atoms with Crippen LogP contribution in [0.15, 0.2) is 485 Å². The van der Waals surface area contributed by atoms with Gasteiger partial charge in [-0.05, 0) is 255 Å². The van der Waals surface area contributed by atoms with Crippen LogP contribution in [0.2, 0.25) is 0 Å². The smallest absolute Gasteiger partial charge is 0.159 e. The van der Waals surface area contributed by atoms with Gasteiger partial charge in [0.1, 0.15) is 16.7 Å². The summed E-state index contributed by atoms with van der Waals surface area (Å²) in [5.74, 6) is 0. The van der Waals surface area contributed by atoms with Gasteiger partial charge >= 0.3 is 0 Å². The molecule has 0 radical (unpaired) electrons. The molecule has 4 nitrogen and oxygen atoms in total. The van der Waals surface area contributed by atoms with Gasteiger partial charge in [-0.1, -0.05) is 362 Å². The second-order valence-electron chi connectivity index (χ2n) is 36.0. The van der Waals surface area contributed by atoms with E-state index in [0.717, 1.165) is 83.6 Å². The van der Waals surface area contributed by atoms with Crippen LogP contribution in [0.3, 0.4) is 0 Å². The number of hydrogen-bond donors (Lipinski definition) is 0. The summed E-state index contributed by atoms with van der Waals surface area (Å²) in [6, 6.07) is 167. The van der Waals surface area contributed by atoms with Gasteiger partial charge in [0.05, 0.1) is 38.7 Å². The molecule has 0 bridgehead atoms. The van der Waals surface area contributed by atoms with Crippen LogP contribution in [0.25, 0.3) is 99.5 Å². The minimum absolute atomic E-state index is 0.606. The lowest BCUT2D eigenvalue weighted by Crippen LogP contribution is -2.32. The Morgan fingerprint density at radius 1 is 0.182 bits per heavy atom. The zero-order valence-corrected chi connectivity index (χ0v) is 74.2. The molecule has 132 heavy (non-hydrogen) atoms. The van der Waals surface area contributed by atoms with Crippen LogP contribution in [-0.2, 0) is 21.7 Å². The van der Waals surface area contributed by atoms with Crippen molar-refractivity contribution in [2.75, 3.05) is 9.80 Å². The first kappa shape index (κ1) is 73.9. The predicted molar refractivity (Wildman–Crippen MR) is 542 cm³/mol. The molecule has 614 valence electrons. The standard InChI is InChI=1S/C124H72N2O2S4/c1-6-36-88-78(29-1)79-65-62-75(71-102(79)122(88)94-41-11-20-56-112(94)130-113-57-21-12-42-95(113)122)125(74-64-68-109-87(70-74)82-31-5-16-52-107(82)127-109)104-49-27-47-100-117(104)85-33-3-8-38-90(85)124(100)98-45-15-24-60-116(98)132-120-77(34-25-48-101(120)124)73-61-67-91-86(69-73)80-66-63-76(72-103(80)123(91)96-43-13-22-58-114(96)131-115-59-23-14-44-97(115)123)126(106-51-26-35-83-81-30-4-17-53-108(81)128-119(83)106)105-50-28-46-99-118(105)84-32-2-7-37-89(84)121(99)92-39-9-18-54-110(92)129-111-55-19-10-40-93(111)121/h1-72H. The van der Waals surface area contributed by atoms with Crippen LogP contribution < -0.4 is 9.80 Å². The third-order valence-electron chi connectivity index (χ3n) is 30.1. The van der Waals surface area contributed by atoms with E-state index in [1.807, 2.05) is 47.0 Å². The van der Waals surface area contributed by atoms with E-state index in [1.54, 1.807) is 0 Å². The summed E-state index contributed by atoms with van der Waals surface area (Å²) in [4.78, 5) is 15.2. The van der Waals surface area contributed by atoms with Crippen molar-refractivity contribution >= 4 is 125 Å². The van der Waals surface area contributed by atoms with E-state index < -0.39 is 21.7 Å². The number of nitrogens with zero attached hydrogens (tertiary/aromatic N) is 2. The minimum atomic E-state index is -0.774. The Morgan fingerprint density at radius 3 is 1.05 bits per heavy atom. The molecule has 0 saturated heterocycles. The molecule has 0 amide bonds. The van der Waals surface area contributed by atoms with Crippen molar-refractivity contribution in [2.24, 2.45) is 0 Å². The van der Waals surface area contributed by atoms with Gasteiger partial charge in [0, 0.05) is 88.9 Å². The molecule has 8 aliphatic rings. The highest BCUT2D eigenvalue weighted by atomic mass is 32.2. The van der Waals surface area contributed by atoms with Crippen molar-refractivity contribution in [3.05, 3.63) is 526 Å². The summed E-state index contributed by atoms with van der Waals surface area (Å²) in [5.41, 5.74) is 39.5. The first-order valence-electron chi connectivity index (χ1n) is 45.4. The maximum Gasteiger partial charge on any atom is 0.159 e. The van der Waals surface area contributed by atoms with Crippen molar-refractivity contribution in [2.45, 2.75) is 60.8 Å². The van der Waals surface area contributed by atoms with Gasteiger partial charge in [-0.2, -0.15) is 0 Å². The zero-order chi connectivity index (χ0) is 86.0. The van der Waals surface area contributed by atoms with Crippen LogP contribution in [0.1, 0.15) is 89.0 Å². The largest absolute Gasteiger partial charge is 0.456 e. The second kappa shape index (κ2) is 27.3. The highest BCUT2D eigenvalue weighted by Gasteiger charge is 2.57. The SMILES string of the molecule is c1ccc2c(c1)Sc1ccccc1C21c2ccccc2-c2ccc(N(c3ccc4oc5ccccc5c4c3)c3cccc4c3-c3ccccc3C43c4ccccc4Sc4c(-c5ccc6c(c5)-c5ccc(N(c7cccc8c7-c7ccccc7C87c8ccccc8Sc8ccccc87)c7cccc8c7oc7ccccc78)cc5C65c6ccccc6Sc6ccccc65)cccc43)cc21. The first-order valence-corrected chi connectivity index (χ1v) is 48.7. The highest BCUT2D eigenvalue weighted by Crippen LogP contribution is 2.71. The van der Waals surface area contributed by atoms with Crippen LogP contribution in [0.4, 0.5) is 34.1 Å². The topological polar surface area (TPSA) is 32.8 Å². The van der Waals surface area contributed by atoms with Gasteiger partial charge in [-0.25, -0.2) is 0 Å².